The number of hydrogen-bond donors (Lipinski definition) is 1. The molecule has 0 radical (unpaired) electrons. The number of allylic oxidation sites excluding steroid dienone is 1. The molecular formula is C16H13F3O. The molecule has 104 valence electrons. The van der Waals surface area contributed by atoms with Gasteiger partial charge >= 0.3 is 6.18 Å². The molecule has 0 aliphatic heterocycles. The van der Waals surface area contributed by atoms with Gasteiger partial charge in [0.05, 0.1) is 5.56 Å². The van der Waals surface area contributed by atoms with Gasteiger partial charge in [0.25, 0.3) is 0 Å². The molecule has 4 heteroatoms. The zero-order valence-electron chi connectivity index (χ0n) is 10.8. The van der Waals surface area contributed by atoms with Crippen molar-refractivity contribution in [1.82, 2.24) is 0 Å². The van der Waals surface area contributed by atoms with E-state index < -0.39 is 11.7 Å². The summed E-state index contributed by atoms with van der Waals surface area (Å²) < 4.78 is 38.2. The molecule has 0 aliphatic carbocycles. The molecule has 0 amide bonds. The third-order valence-electron chi connectivity index (χ3n) is 2.97. The van der Waals surface area contributed by atoms with E-state index in [2.05, 4.69) is 0 Å². The van der Waals surface area contributed by atoms with Crippen LogP contribution in [0, 0.1) is 0 Å². The Hall–Kier alpha value is -2.23. The van der Waals surface area contributed by atoms with Crippen molar-refractivity contribution in [3.8, 4) is 5.75 Å². The number of rotatable bonds is 2. The molecule has 0 aromatic heterocycles. The highest BCUT2D eigenvalue weighted by atomic mass is 19.4. The van der Waals surface area contributed by atoms with Crippen molar-refractivity contribution in [2.75, 3.05) is 0 Å². The second-order valence-corrected chi connectivity index (χ2v) is 4.33. The van der Waals surface area contributed by atoms with Crippen molar-refractivity contribution in [3.05, 3.63) is 71.3 Å². The Kier molecular flexibility index (Phi) is 3.84. The summed E-state index contributed by atoms with van der Waals surface area (Å²) in [7, 11) is 0. The SMILES string of the molecule is C/C=C(/c1ccc(O)cc1)c1cccc(C(F)(F)F)c1. The summed E-state index contributed by atoms with van der Waals surface area (Å²) in [5.74, 6) is 0.119. The lowest BCUT2D eigenvalue weighted by molar-refractivity contribution is -0.137. The fourth-order valence-corrected chi connectivity index (χ4v) is 2.00. The molecule has 0 spiro atoms. The maximum Gasteiger partial charge on any atom is 0.416 e. The molecule has 1 nitrogen and oxygen atoms in total. The number of phenols is 1. The molecule has 20 heavy (non-hydrogen) atoms. The minimum absolute atomic E-state index is 0.119. The van der Waals surface area contributed by atoms with Crippen LogP contribution in [0.4, 0.5) is 13.2 Å². The van der Waals surface area contributed by atoms with Crippen LogP contribution in [0.2, 0.25) is 0 Å². The van der Waals surface area contributed by atoms with Crippen molar-refractivity contribution in [3.63, 3.8) is 0 Å². The number of benzene rings is 2. The third kappa shape index (κ3) is 3.02. The van der Waals surface area contributed by atoms with Gasteiger partial charge in [-0.1, -0.05) is 30.3 Å². The number of alkyl halides is 3. The molecule has 0 atom stereocenters. The quantitative estimate of drug-likeness (QED) is 0.831. The van der Waals surface area contributed by atoms with E-state index in [4.69, 9.17) is 0 Å². The molecule has 0 saturated carbocycles. The van der Waals surface area contributed by atoms with E-state index in [-0.39, 0.29) is 5.75 Å². The van der Waals surface area contributed by atoms with Crippen LogP contribution in [-0.4, -0.2) is 5.11 Å². The normalized spacial score (nSPS) is 12.5. The van der Waals surface area contributed by atoms with Gasteiger partial charge in [-0.3, -0.25) is 0 Å². The molecular weight excluding hydrogens is 265 g/mol. The largest absolute Gasteiger partial charge is 0.508 e. The van der Waals surface area contributed by atoms with Gasteiger partial charge < -0.3 is 5.11 Å². The van der Waals surface area contributed by atoms with Crippen LogP contribution in [0.1, 0.15) is 23.6 Å². The molecule has 0 unspecified atom stereocenters. The van der Waals surface area contributed by atoms with E-state index >= 15 is 0 Å². The second kappa shape index (κ2) is 5.41. The zero-order chi connectivity index (χ0) is 14.8. The summed E-state index contributed by atoms with van der Waals surface area (Å²) in [6.45, 7) is 1.77. The predicted molar refractivity (Wildman–Crippen MR) is 72.3 cm³/mol. The van der Waals surface area contributed by atoms with Crippen LogP contribution >= 0.6 is 0 Å². The van der Waals surface area contributed by atoms with Crippen LogP contribution in [0.3, 0.4) is 0 Å². The Bertz CT molecular complexity index is 625. The molecule has 1 N–H and O–H groups in total. The van der Waals surface area contributed by atoms with Gasteiger partial charge in [-0.15, -0.1) is 0 Å². The topological polar surface area (TPSA) is 20.2 Å². The van der Waals surface area contributed by atoms with E-state index in [1.807, 2.05) is 0 Å². The third-order valence-corrected chi connectivity index (χ3v) is 2.97. The zero-order valence-corrected chi connectivity index (χ0v) is 10.8. The van der Waals surface area contributed by atoms with Gasteiger partial charge in [-0.05, 0) is 47.9 Å². The number of aromatic hydroxyl groups is 1. The van der Waals surface area contributed by atoms with Crippen molar-refractivity contribution in [2.45, 2.75) is 13.1 Å². The maximum atomic E-state index is 12.7. The lowest BCUT2D eigenvalue weighted by Crippen LogP contribution is -2.05. The van der Waals surface area contributed by atoms with Gasteiger partial charge in [0.2, 0.25) is 0 Å². The first-order valence-corrected chi connectivity index (χ1v) is 6.05. The summed E-state index contributed by atoms with van der Waals surface area (Å²) >= 11 is 0. The summed E-state index contributed by atoms with van der Waals surface area (Å²) in [4.78, 5) is 0. The molecule has 0 aliphatic rings. The van der Waals surface area contributed by atoms with Gasteiger partial charge in [0.15, 0.2) is 0 Å². The first-order chi connectivity index (χ1) is 9.41. The lowest BCUT2D eigenvalue weighted by atomic mass is 9.96. The Balaban J connectivity index is 2.46. The summed E-state index contributed by atoms with van der Waals surface area (Å²) in [6, 6.07) is 11.6. The van der Waals surface area contributed by atoms with Gasteiger partial charge in [-0.2, -0.15) is 13.2 Å². The molecule has 2 aromatic rings. The lowest BCUT2D eigenvalue weighted by Gasteiger charge is -2.12. The summed E-state index contributed by atoms with van der Waals surface area (Å²) in [5.41, 5.74) is 1.27. The predicted octanol–water partition coefficient (Wildman–Crippen LogP) is 4.86. The Morgan fingerprint density at radius 3 is 2.20 bits per heavy atom. The summed E-state index contributed by atoms with van der Waals surface area (Å²) in [6.07, 6.45) is -2.61. The molecule has 0 bridgehead atoms. The minimum atomic E-state index is -4.36. The van der Waals surface area contributed by atoms with Crippen LogP contribution in [0.5, 0.6) is 5.75 Å². The maximum absolute atomic E-state index is 12.7. The number of hydrogen-bond acceptors (Lipinski definition) is 1. The number of phenolic OH excluding ortho intramolecular Hbond substituents is 1. The van der Waals surface area contributed by atoms with E-state index in [9.17, 15) is 18.3 Å². The fourth-order valence-electron chi connectivity index (χ4n) is 2.00. The van der Waals surface area contributed by atoms with Crippen molar-refractivity contribution >= 4 is 5.57 Å². The Morgan fingerprint density at radius 2 is 1.65 bits per heavy atom. The standard InChI is InChI=1S/C16H13F3O/c1-2-15(11-6-8-14(20)9-7-11)12-4-3-5-13(10-12)16(17,18)19/h2-10,20H,1H3/b15-2-. The highest BCUT2D eigenvalue weighted by molar-refractivity contribution is 5.80. The highest BCUT2D eigenvalue weighted by Crippen LogP contribution is 2.32. The molecule has 0 heterocycles. The van der Waals surface area contributed by atoms with Crippen LogP contribution in [0.15, 0.2) is 54.6 Å². The minimum Gasteiger partial charge on any atom is -0.508 e. The van der Waals surface area contributed by atoms with Crippen molar-refractivity contribution < 1.29 is 18.3 Å². The van der Waals surface area contributed by atoms with Crippen LogP contribution < -0.4 is 0 Å². The van der Waals surface area contributed by atoms with Crippen molar-refractivity contribution in [2.24, 2.45) is 0 Å². The van der Waals surface area contributed by atoms with E-state index in [0.29, 0.717) is 11.1 Å². The number of halogens is 3. The van der Waals surface area contributed by atoms with E-state index in [1.165, 1.54) is 18.2 Å². The average molecular weight is 278 g/mol. The Labute approximate surface area is 115 Å². The molecule has 2 aromatic carbocycles. The van der Waals surface area contributed by atoms with E-state index in [1.54, 1.807) is 31.2 Å². The van der Waals surface area contributed by atoms with Crippen LogP contribution in [-0.2, 0) is 6.18 Å². The van der Waals surface area contributed by atoms with Gasteiger partial charge in [0.1, 0.15) is 5.75 Å². The summed E-state index contributed by atoms with van der Waals surface area (Å²) in [5, 5.41) is 9.26. The second-order valence-electron chi connectivity index (χ2n) is 4.33. The first-order valence-electron chi connectivity index (χ1n) is 6.05. The smallest absolute Gasteiger partial charge is 0.416 e. The molecule has 2 rings (SSSR count). The van der Waals surface area contributed by atoms with Crippen LogP contribution in [0.25, 0.3) is 5.57 Å². The Morgan fingerprint density at radius 1 is 1.00 bits per heavy atom. The van der Waals surface area contributed by atoms with Gasteiger partial charge in [-0.25, -0.2) is 0 Å². The first kappa shape index (κ1) is 14.2. The average Bonchev–Trinajstić information content (AvgIpc) is 2.41. The molecule has 0 saturated heterocycles. The van der Waals surface area contributed by atoms with Crippen molar-refractivity contribution in [1.29, 1.82) is 0 Å². The van der Waals surface area contributed by atoms with E-state index in [0.717, 1.165) is 17.7 Å². The fraction of sp³-hybridized carbons (Fsp3) is 0.125. The monoisotopic (exact) mass is 278 g/mol. The highest BCUT2D eigenvalue weighted by Gasteiger charge is 2.30. The van der Waals surface area contributed by atoms with Gasteiger partial charge in [0, 0.05) is 0 Å². The molecule has 0 fully saturated rings.